The zero-order chi connectivity index (χ0) is 20.5. The number of halogens is 2. The van der Waals surface area contributed by atoms with Crippen molar-refractivity contribution in [3.05, 3.63) is 42.5 Å². The van der Waals surface area contributed by atoms with Gasteiger partial charge < -0.3 is 9.88 Å². The third-order valence-electron chi connectivity index (χ3n) is 3.90. The zero-order valence-corrected chi connectivity index (χ0v) is 17.7. The van der Waals surface area contributed by atoms with Crippen LogP contribution in [0.15, 0.2) is 47.0 Å². The average Bonchev–Trinajstić information content (AvgIpc) is 3.22. The summed E-state index contributed by atoms with van der Waals surface area (Å²) in [5, 5.41) is 4.67. The Morgan fingerprint density at radius 3 is 2.66 bits per heavy atom. The summed E-state index contributed by atoms with van der Waals surface area (Å²) < 4.78 is 0. The first-order chi connectivity index (χ1) is 14.2. The molecule has 3 aromatic rings. The number of aromatic amines is 1. The Labute approximate surface area is 182 Å². The van der Waals surface area contributed by atoms with Crippen molar-refractivity contribution in [1.82, 2.24) is 25.4 Å². The van der Waals surface area contributed by atoms with E-state index in [4.69, 9.17) is 23.2 Å². The van der Waals surface area contributed by atoms with Gasteiger partial charge in [-0.25, -0.2) is 20.4 Å². The summed E-state index contributed by atoms with van der Waals surface area (Å²) in [6, 6.07) is 7.79. The van der Waals surface area contributed by atoms with Gasteiger partial charge in [-0.1, -0.05) is 23.9 Å². The van der Waals surface area contributed by atoms with Gasteiger partial charge in [0, 0.05) is 30.5 Å². The number of thioether (sulfide) groups is 1. The third kappa shape index (κ3) is 6.06. The maximum atomic E-state index is 12.0. The molecule has 11 heteroatoms. The van der Waals surface area contributed by atoms with E-state index in [1.807, 2.05) is 24.3 Å². The first-order valence-electron chi connectivity index (χ1n) is 8.77. The lowest BCUT2D eigenvalue weighted by Crippen LogP contribution is -2.27. The van der Waals surface area contributed by atoms with Gasteiger partial charge in [0.2, 0.25) is 5.91 Å². The highest BCUT2D eigenvalue weighted by Crippen LogP contribution is 2.21. The molecule has 0 saturated heterocycles. The van der Waals surface area contributed by atoms with Crippen LogP contribution in [0.3, 0.4) is 0 Å². The number of rotatable bonds is 10. The number of aromatic nitrogens is 4. The Balaban J connectivity index is 1.50. The van der Waals surface area contributed by atoms with Gasteiger partial charge in [0.1, 0.15) is 16.9 Å². The maximum Gasteiger partial charge on any atom is 0.250 e. The molecule has 2 heterocycles. The highest BCUT2D eigenvalue weighted by atomic mass is 35.5. The molecule has 0 fully saturated rings. The second-order valence-electron chi connectivity index (χ2n) is 5.82. The molecule has 2 N–H and O–H groups in total. The number of H-pyrrole nitrogens is 1. The number of carbonyl (C=O) groups excluding carboxylic acids is 1. The van der Waals surface area contributed by atoms with E-state index in [0.717, 1.165) is 24.3 Å². The molecule has 0 aliphatic heterocycles. The van der Waals surface area contributed by atoms with Crippen LogP contribution < -0.4 is 10.3 Å². The maximum absolute atomic E-state index is 12.0. The lowest BCUT2D eigenvalue weighted by atomic mass is 10.2. The molecule has 0 aliphatic carbocycles. The highest BCUT2D eigenvalue weighted by Gasteiger charge is 2.09. The van der Waals surface area contributed by atoms with Crippen molar-refractivity contribution in [1.29, 1.82) is 0 Å². The van der Waals surface area contributed by atoms with Gasteiger partial charge in [0.05, 0.1) is 18.3 Å². The molecule has 0 spiro atoms. The van der Waals surface area contributed by atoms with Crippen molar-refractivity contribution in [2.45, 2.75) is 5.03 Å². The molecule has 0 aliphatic rings. The van der Waals surface area contributed by atoms with E-state index in [-0.39, 0.29) is 11.7 Å². The van der Waals surface area contributed by atoms with E-state index in [0.29, 0.717) is 27.9 Å². The number of amides is 1. The van der Waals surface area contributed by atoms with Crippen LogP contribution in [0.2, 0.25) is 0 Å². The minimum absolute atomic E-state index is 0.174. The summed E-state index contributed by atoms with van der Waals surface area (Å²) in [7, 11) is 0. The van der Waals surface area contributed by atoms with E-state index in [1.165, 1.54) is 18.1 Å². The number of hydrogen-bond donors (Lipinski definition) is 2. The van der Waals surface area contributed by atoms with Gasteiger partial charge in [-0.05, 0) is 17.7 Å². The Morgan fingerprint density at radius 1 is 1.17 bits per heavy atom. The Morgan fingerprint density at radius 2 is 1.93 bits per heavy atom. The fraction of sp³-hybridized carbons (Fsp3) is 0.278. The zero-order valence-electron chi connectivity index (χ0n) is 15.4. The second-order valence-corrected chi connectivity index (χ2v) is 7.54. The van der Waals surface area contributed by atoms with Crippen LogP contribution in [-0.2, 0) is 4.79 Å². The second kappa shape index (κ2) is 11.0. The predicted molar refractivity (Wildman–Crippen MR) is 118 cm³/mol. The van der Waals surface area contributed by atoms with Crippen LogP contribution >= 0.6 is 35.0 Å². The lowest BCUT2D eigenvalue weighted by molar-refractivity contribution is -0.118. The van der Waals surface area contributed by atoms with Crippen molar-refractivity contribution in [2.24, 2.45) is 5.10 Å². The van der Waals surface area contributed by atoms with Crippen molar-refractivity contribution >= 4 is 63.9 Å². The van der Waals surface area contributed by atoms with Crippen molar-refractivity contribution < 1.29 is 4.79 Å². The van der Waals surface area contributed by atoms with E-state index >= 15 is 0 Å². The number of hydrazone groups is 1. The van der Waals surface area contributed by atoms with Crippen LogP contribution in [0.25, 0.3) is 11.2 Å². The van der Waals surface area contributed by atoms with Crippen LogP contribution in [0.4, 0.5) is 5.69 Å². The molecule has 0 atom stereocenters. The largest absolute Gasteiger partial charge is 0.369 e. The highest BCUT2D eigenvalue weighted by molar-refractivity contribution is 8.00. The van der Waals surface area contributed by atoms with Crippen molar-refractivity contribution in [3.8, 4) is 0 Å². The molecule has 29 heavy (non-hydrogen) atoms. The summed E-state index contributed by atoms with van der Waals surface area (Å²) in [6.45, 7) is 1.46. The van der Waals surface area contributed by atoms with E-state index in [1.54, 1.807) is 12.5 Å². The predicted octanol–water partition coefficient (Wildman–Crippen LogP) is 2.88. The summed E-state index contributed by atoms with van der Waals surface area (Å²) in [5.41, 5.74) is 5.71. The average molecular weight is 452 g/mol. The summed E-state index contributed by atoms with van der Waals surface area (Å²) in [6.07, 6.45) is 4.56. The molecule has 1 aromatic carbocycles. The SMILES string of the molecule is O=C(CSc1ncnc2nc[nH]c12)N/N=C/c1ccc(N(CCCl)CCCl)cc1. The number of carbonyl (C=O) groups is 1. The first-order valence-corrected chi connectivity index (χ1v) is 10.8. The van der Waals surface area contributed by atoms with Crippen molar-refractivity contribution in [2.75, 3.05) is 35.5 Å². The summed E-state index contributed by atoms with van der Waals surface area (Å²) in [5.74, 6) is 1.01. The number of alkyl halides is 2. The van der Waals surface area contributed by atoms with Crippen LogP contribution in [0.5, 0.6) is 0 Å². The molecule has 0 unspecified atom stereocenters. The van der Waals surface area contributed by atoms with E-state index < -0.39 is 0 Å². The quantitative estimate of drug-likeness (QED) is 0.161. The molecule has 8 nitrogen and oxygen atoms in total. The van der Waals surface area contributed by atoms with E-state index in [2.05, 4.69) is 35.4 Å². The molecule has 3 rings (SSSR count). The minimum Gasteiger partial charge on any atom is -0.369 e. The van der Waals surface area contributed by atoms with Gasteiger partial charge >= 0.3 is 0 Å². The number of nitrogens with one attached hydrogen (secondary N) is 2. The summed E-state index contributed by atoms with van der Waals surface area (Å²) in [4.78, 5) is 29.4. The van der Waals surface area contributed by atoms with Crippen LogP contribution in [0, 0.1) is 0 Å². The van der Waals surface area contributed by atoms with Gasteiger partial charge in [0.15, 0.2) is 5.65 Å². The number of hydrogen-bond acceptors (Lipinski definition) is 7. The number of anilines is 1. The number of nitrogens with zero attached hydrogens (tertiary/aromatic N) is 5. The number of benzene rings is 1. The molecular formula is C18H19Cl2N7OS. The molecule has 0 radical (unpaired) electrons. The minimum atomic E-state index is -0.232. The fourth-order valence-electron chi connectivity index (χ4n) is 2.54. The number of imidazole rings is 1. The normalized spacial score (nSPS) is 11.2. The topological polar surface area (TPSA) is 99.2 Å². The monoisotopic (exact) mass is 451 g/mol. The molecule has 2 aromatic heterocycles. The molecule has 0 bridgehead atoms. The number of fused-ring (bicyclic) bond motifs is 1. The van der Waals surface area contributed by atoms with Crippen molar-refractivity contribution in [3.63, 3.8) is 0 Å². The smallest absolute Gasteiger partial charge is 0.250 e. The van der Waals surface area contributed by atoms with E-state index in [9.17, 15) is 4.79 Å². The first kappa shape index (κ1) is 21.4. The molecule has 1 amide bonds. The van der Waals surface area contributed by atoms with Gasteiger partial charge in [0.25, 0.3) is 0 Å². The Bertz CT molecular complexity index is 958. The fourth-order valence-corrected chi connectivity index (χ4v) is 3.70. The standard InChI is InChI=1S/C18H19Cl2N7OS/c19-5-7-27(8-6-20)14-3-1-13(2-4-14)9-25-26-15(28)10-29-18-16-17(22-11-21-16)23-12-24-18/h1-4,9,11-12H,5-8,10H2,(H,26,28)(H,21,22,23,24)/b25-9+. The Kier molecular flexibility index (Phi) is 8.09. The molecule has 0 saturated carbocycles. The Hall–Kier alpha value is -2.36. The molecular weight excluding hydrogens is 433 g/mol. The van der Waals surface area contributed by atoms with Crippen LogP contribution in [-0.4, -0.2) is 62.7 Å². The van der Waals surface area contributed by atoms with Gasteiger partial charge in [-0.15, -0.1) is 23.2 Å². The van der Waals surface area contributed by atoms with Gasteiger partial charge in [-0.2, -0.15) is 5.10 Å². The van der Waals surface area contributed by atoms with Gasteiger partial charge in [-0.3, -0.25) is 4.79 Å². The van der Waals surface area contributed by atoms with Crippen LogP contribution in [0.1, 0.15) is 5.56 Å². The third-order valence-corrected chi connectivity index (χ3v) is 5.23. The lowest BCUT2D eigenvalue weighted by Gasteiger charge is -2.22. The molecule has 152 valence electrons. The summed E-state index contributed by atoms with van der Waals surface area (Å²) >= 11 is 13.0.